The number of carbonyl (C=O) groups is 1. The number of amides is 1. The molecular formula is C25H30F2N6O3. The second-order valence-corrected chi connectivity index (χ2v) is 8.69. The van der Waals surface area contributed by atoms with Gasteiger partial charge in [0.1, 0.15) is 17.2 Å². The lowest BCUT2D eigenvalue weighted by molar-refractivity contribution is -0.132. The van der Waals surface area contributed by atoms with Crippen LogP contribution in [0.15, 0.2) is 30.3 Å². The highest BCUT2D eigenvalue weighted by atomic mass is 19.1. The number of rotatable bonds is 7. The standard InChI is InChI=1S/C25H30F2N6O3/c1-4-16-13-32(20(34)12-18(28)14-5-7-15(26)8-6-14)9-10-33(16)25-30-22-17(24(29)31-25)11-19(35-2)23(36-3)21(22)27/h5-8,11,16,18H,4,9-10,12-13,28H2,1-3H3,(H2,29,30,31). The number of nitrogens with two attached hydrogens (primary N) is 2. The molecule has 4 rings (SSSR count). The Morgan fingerprint density at radius 3 is 2.53 bits per heavy atom. The van der Waals surface area contributed by atoms with Crippen molar-refractivity contribution >= 4 is 28.6 Å². The lowest BCUT2D eigenvalue weighted by Gasteiger charge is -2.41. The molecule has 11 heteroatoms. The molecule has 1 fully saturated rings. The molecule has 0 saturated carbocycles. The highest BCUT2D eigenvalue weighted by Gasteiger charge is 2.32. The van der Waals surface area contributed by atoms with Crippen LogP contribution in [0.4, 0.5) is 20.5 Å². The Morgan fingerprint density at radius 2 is 1.89 bits per heavy atom. The number of methoxy groups -OCH3 is 2. The van der Waals surface area contributed by atoms with E-state index in [2.05, 4.69) is 9.97 Å². The second kappa shape index (κ2) is 10.5. The smallest absolute Gasteiger partial charge is 0.228 e. The van der Waals surface area contributed by atoms with Crippen molar-refractivity contribution in [2.24, 2.45) is 5.73 Å². The van der Waals surface area contributed by atoms with Gasteiger partial charge in [-0.05, 0) is 30.2 Å². The average Bonchev–Trinajstić information content (AvgIpc) is 2.88. The summed E-state index contributed by atoms with van der Waals surface area (Å²) in [6.45, 7) is 3.28. The average molecular weight is 501 g/mol. The van der Waals surface area contributed by atoms with Crippen LogP contribution >= 0.6 is 0 Å². The summed E-state index contributed by atoms with van der Waals surface area (Å²) >= 11 is 0. The van der Waals surface area contributed by atoms with E-state index in [1.807, 2.05) is 11.8 Å². The highest BCUT2D eigenvalue weighted by Crippen LogP contribution is 2.38. The summed E-state index contributed by atoms with van der Waals surface area (Å²) in [6.07, 6.45) is 0.803. The zero-order chi connectivity index (χ0) is 26.0. The first-order valence-electron chi connectivity index (χ1n) is 11.7. The molecular weight excluding hydrogens is 470 g/mol. The molecule has 1 aliphatic heterocycles. The zero-order valence-corrected chi connectivity index (χ0v) is 20.5. The van der Waals surface area contributed by atoms with Gasteiger partial charge >= 0.3 is 0 Å². The van der Waals surface area contributed by atoms with Crippen LogP contribution in [-0.4, -0.2) is 60.7 Å². The summed E-state index contributed by atoms with van der Waals surface area (Å²) in [5, 5.41) is 0.325. The monoisotopic (exact) mass is 500 g/mol. The van der Waals surface area contributed by atoms with E-state index in [4.69, 9.17) is 20.9 Å². The number of carbonyl (C=O) groups excluding carboxylic acids is 1. The van der Waals surface area contributed by atoms with Gasteiger partial charge in [-0.25, -0.2) is 13.8 Å². The Hall–Kier alpha value is -3.73. The molecule has 9 nitrogen and oxygen atoms in total. The Balaban J connectivity index is 1.54. The minimum atomic E-state index is -0.682. The predicted molar refractivity (Wildman–Crippen MR) is 133 cm³/mol. The molecule has 2 unspecified atom stereocenters. The van der Waals surface area contributed by atoms with Crippen LogP contribution in [0.25, 0.3) is 10.9 Å². The van der Waals surface area contributed by atoms with Gasteiger partial charge in [-0.1, -0.05) is 19.1 Å². The number of piperazine rings is 1. The number of anilines is 2. The van der Waals surface area contributed by atoms with Gasteiger partial charge in [0.05, 0.1) is 14.2 Å². The van der Waals surface area contributed by atoms with Crippen molar-refractivity contribution in [3.05, 3.63) is 47.5 Å². The van der Waals surface area contributed by atoms with E-state index < -0.39 is 11.9 Å². The summed E-state index contributed by atoms with van der Waals surface area (Å²) in [5.41, 5.74) is 13.1. The predicted octanol–water partition coefficient (Wildman–Crippen LogP) is 3.02. The molecule has 192 valence electrons. The third-order valence-corrected chi connectivity index (χ3v) is 6.55. The van der Waals surface area contributed by atoms with E-state index in [0.717, 1.165) is 0 Å². The van der Waals surface area contributed by atoms with Crippen LogP contribution in [0.2, 0.25) is 0 Å². The number of aromatic nitrogens is 2. The van der Waals surface area contributed by atoms with E-state index in [9.17, 15) is 9.18 Å². The quantitative estimate of drug-likeness (QED) is 0.508. The first-order chi connectivity index (χ1) is 17.3. The first kappa shape index (κ1) is 25.4. The normalized spacial score (nSPS) is 16.8. The number of halogens is 2. The molecule has 1 amide bonds. The van der Waals surface area contributed by atoms with Gasteiger partial charge in [0.15, 0.2) is 17.3 Å². The van der Waals surface area contributed by atoms with Gasteiger partial charge in [-0.15, -0.1) is 0 Å². The molecule has 2 heterocycles. The van der Waals surface area contributed by atoms with E-state index in [0.29, 0.717) is 37.0 Å². The van der Waals surface area contributed by atoms with Crippen LogP contribution in [0.3, 0.4) is 0 Å². The van der Waals surface area contributed by atoms with Crippen molar-refractivity contribution in [1.82, 2.24) is 14.9 Å². The summed E-state index contributed by atoms with van der Waals surface area (Å²) < 4.78 is 38.8. The van der Waals surface area contributed by atoms with Crippen molar-refractivity contribution in [2.75, 3.05) is 44.5 Å². The minimum Gasteiger partial charge on any atom is -0.493 e. The van der Waals surface area contributed by atoms with Crippen molar-refractivity contribution in [1.29, 1.82) is 0 Å². The number of hydrogen-bond donors (Lipinski definition) is 2. The van der Waals surface area contributed by atoms with E-state index in [1.54, 1.807) is 23.1 Å². The van der Waals surface area contributed by atoms with Gasteiger partial charge in [-0.3, -0.25) is 4.79 Å². The molecule has 1 saturated heterocycles. The van der Waals surface area contributed by atoms with Gasteiger partial charge in [0, 0.05) is 43.5 Å². The van der Waals surface area contributed by atoms with Crippen LogP contribution in [0, 0.1) is 11.6 Å². The maximum Gasteiger partial charge on any atom is 0.228 e. The number of ether oxygens (including phenoxy) is 2. The SMILES string of the molecule is CCC1CN(C(=O)CC(N)c2ccc(F)cc2)CCN1c1nc(N)c2cc(OC)c(OC)c(F)c2n1. The molecule has 0 spiro atoms. The third-order valence-electron chi connectivity index (χ3n) is 6.55. The summed E-state index contributed by atoms with van der Waals surface area (Å²) in [7, 11) is 2.76. The van der Waals surface area contributed by atoms with Gasteiger partial charge in [0.25, 0.3) is 0 Å². The molecule has 0 radical (unpaired) electrons. The highest BCUT2D eigenvalue weighted by molar-refractivity contribution is 5.92. The maximum absolute atomic E-state index is 15.2. The van der Waals surface area contributed by atoms with Gasteiger partial charge in [0.2, 0.25) is 11.9 Å². The van der Waals surface area contributed by atoms with Crippen molar-refractivity contribution in [3.63, 3.8) is 0 Å². The fourth-order valence-electron chi connectivity index (χ4n) is 4.51. The first-order valence-corrected chi connectivity index (χ1v) is 11.7. The number of benzene rings is 2. The number of nitrogens with zero attached hydrogens (tertiary/aromatic N) is 4. The topological polar surface area (TPSA) is 120 Å². The van der Waals surface area contributed by atoms with Crippen LogP contribution < -0.4 is 25.8 Å². The fraction of sp³-hybridized carbons (Fsp3) is 0.400. The van der Waals surface area contributed by atoms with E-state index in [1.165, 1.54) is 26.4 Å². The molecule has 1 aliphatic rings. The van der Waals surface area contributed by atoms with E-state index in [-0.39, 0.29) is 53.0 Å². The molecule has 1 aromatic heterocycles. The molecule has 0 aliphatic carbocycles. The van der Waals surface area contributed by atoms with Crippen molar-refractivity contribution < 1.29 is 23.0 Å². The summed E-state index contributed by atoms with van der Waals surface area (Å²) in [5.74, 6) is -0.586. The Kier molecular flexibility index (Phi) is 7.39. The molecule has 2 atom stereocenters. The molecule has 36 heavy (non-hydrogen) atoms. The maximum atomic E-state index is 15.2. The molecule has 0 bridgehead atoms. The Labute approximate surface area is 208 Å². The van der Waals surface area contributed by atoms with Crippen LogP contribution in [0.1, 0.15) is 31.4 Å². The Bertz CT molecular complexity index is 1260. The van der Waals surface area contributed by atoms with Gasteiger partial charge < -0.3 is 30.7 Å². The minimum absolute atomic E-state index is 0.0359. The zero-order valence-electron chi connectivity index (χ0n) is 20.5. The second-order valence-electron chi connectivity index (χ2n) is 8.69. The largest absolute Gasteiger partial charge is 0.493 e. The van der Waals surface area contributed by atoms with Crippen molar-refractivity contribution in [2.45, 2.75) is 31.8 Å². The van der Waals surface area contributed by atoms with Crippen LogP contribution in [-0.2, 0) is 4.79 Å². The number of nitrogen functional groups attached to an aromatic ring is 1. The Morgan fingerprint density at radius 1 is 1.17 bits per heavy atom. The molecule has 3 aromatic rings. The third kappa shape index (κ3) is 4.83. The molecule has 2 aromatic carbocycles. The summed E-state index contributed by atoms with van der Waals surface area (Å²) in [4.78, 5) is 25.6. The number of fused-ring (bicyclic) bond motifs is 1. The lowest BCUT2D eigenvalue weighted by Crippen LogP contribution is -2.55. The number of hydrogen-bond acceptors (Lipinski definition) is 8. The molecule has 4 N–H and O–H groups in total. The van der Waals surface area contributed by atoms with Crippen molar-refractivity contribution in [3.8, 4) is 11.5 Å². The lowest BCUT2D eigenvalue weighted by atomic mass is 10.0. The van der Waals surface area contributed by atoms with E-state index >= 15 is 4.39 Å². The van der Waals surface area contributed by atoms with Crippen LogP contribution in [0.5, 0.6) is 11.5 Å². The summed E-state index contributed by atoms with van der Waals surface area (Å²) in [6, 6.07) is 6.75. The fourth-order valence-corrected chi connectivity index (χ4v) is 4.51. The van der Waals surface area contributed by atoms with Gasteiger partial charge in [-0.2, -0.15) is 4.98 Å².